The van der Waals surface area contributed by atoms with Crippen LogP contribution in [0.5, 0.6) is 0 Å². The summed E-state index contributed by atoms with van der Waals surface area (Å²) in [6, 6.07) is 11.5. The second-order valence-corrected chi connectivity index (χ2v) is 8.12. The van der Waals surface area contributed by atoms with Gasteiger partial charge in [-0.15, -0.1) is 5.10 Å². The van der Waals surface area contributed by atoms with Crippen LogP contribution in [-0.4, -0.2) is 40.6 Å². The number of sulfonamides is 1. The van der Waals surface area contributed by atoms with Gasteiger partial charge in [0.25, 0.3) is 0 Å². The summed E-state index contributed by atoms with van der Waals surface area (Å²) in [6.07, 6.45) is 0. The van der Waals surface area contributed by atoms with Crippen molar-refractivity contribution in [3.63, 3.8) is 0 Å². The molecule has 1 amide bonds. The zero-order valence-electron chi connectivity index (χ0n) is 15.0. The quantitative estimate of drug-likeness (QED) is 0.628. The van der Waals surface area contributed by atoms with Crippen molar-refractivity contribution >= 4 is 33.2 Å². The fraction of sp³-hybridized carbons (Fsp3) is 0.176. The van der Waals surface area contributed by atoms with Gasteiger partial charge in [-0.2, -0.15) is 9.40 Å². The summed E-state index contributed by atoms with van der Waals surface area (Å²) >= 11 is 5.77. The van der Waals surface area contributed by atoms with Gasteiger partial charge >= 0.3 is 0 Å². The maximum Gasteiger partial charge on any atom is 0.242 e. The van der Waals surface area contributed by atoms with Gasteiger partial charge in [-0.25, -0.2) is 8.42 Å². The van der Waals surface area contributed by atoms with Gasteiger partial charge in [0.2, 0.25) is 15.9 Å². The summed E-state index contributed by atoms with van der Waals surface area (Å²) in [5.41, 5.74) is 1.14. The summed E-state index contributed by atoms with van der Waals surface area (Å²) < 4.78 is 28.7. The van der Waals surface area contributed by atoms with Crippen LogP contribution in [0.25, 0.3) is 5.69 Å². The smallest absolute Gasteiger partial charge is 0.242 e. The normalized spacial score (nSPS) is 12.5. The lowest BCUT2D eigenvalue weighted by Crippen LogP contribution is -2.41. The van der Waals surface area contributed by atoms with Gasteiger partial charge in [-0.1, -0.05) is 17.7 Å². The van der Waals surface area contributed by atoms with E-state index in [1.54, 1.807) is 31.2 Å². The lowest BCUT2D eigenvalue weighted by Gasteiger charge is -2.15. The topological polar surface area (TPSA) is 119 Å². The number of aryl methyl sites for hydroxylation is 1. The first-order chi connectivity index (χ1) is 13.3. The number of halogens is 1. The Bertz CT molecular complexity index is 1100. The number of amides is 1. The molecule has 0 aliphatic heterocycles. The predicted molar refractivity (Wildman–Crippen MR) is 104 cm³/mol. The van der Waals surface area contributed by atoms with Gasteiger partial charge in [-0.05, 0) is 66.7 Å². The molecule has 2 aromatic carbocycles. The number of nitrogens with zero attached hydrogens (tertiary/aromatic N) is 4. The summed E-state index contributed by atoms with van der Waals surface area (Å²) in [6.45, 7) is 3.21. The van der Waals surface area contributed by atoms with Crippen LogP contribution in [0.15, 0.2) is 53.4 Å². The molecule has 3 rings (SSSR count). The van der Waals surface area contributed by atoms with E-state index in [2.05, 4.69) is 25.6 Å². The highest BCUT2D eigenvalue weighted by atomic mass is 35.5. The monoisotopic (exact) mass is 420 g/mol. The molecule has 146 valence electrons. The molecule has 2 N–H and O–H groups in total. The lowest BCUT2D eigenvalue weighted by molar-refractivity contribution is -0.117. The van der Waals surface area contributed by atoms with E-state index in [0.717, 1.165) is 0 Å². The third-order valence-corrected chi connectivity index (χ3v) is 5.64. The molecule has 28 heavy (non-hydrogen) atoms. The maximum atomic E-state index is 12.4. The zero-order chi connectivity index (χ0) is 20.3. The van der Waals surface area contributed by atoms with Crippen molar-refractivity contribution in [1.82, 2.24) is 24.9 Å². The molecule has 1 atom stereocenters. The molecule has 0 radical (unpaired) electrons. The molecule has 0 fully saturated rings. The van der Waals surface area contributed by atoms with E-state index in [9.17, 15) is 13.2 Å². The number of hydrogen-bond acceptors (Lipinski definition) is 6. The second-order valence-electron chi connectivity index (χ2n) is 5.97. The molecule has 0 saturated heterocycles. The van der Waals surface area contributed by atoms with Crippen molar-refractivity contribution in [3.8, 4) is 5.69 Å². The largest absolute Gasteiger partial charge is 0.325 e. The van der Waals surface area contributed by atoms with Gasteiger partial charge in [0.1, 0.15) is 0 Å². The molecular formula is C17H17ClN6O3S. The summed E-state index contributed by atoms with van der Waals surface area (Å²) in [7, 11) is -3.86. The third kappa shape index (κ3) is 4.53. The van der Waals surface area contributed by atoms with E-state index in [4.69, 9.17) is 11.6 Å². The maximum absolute atomic E-state index is 12.4. The Labute approximate surface area is 166 Å². The molecule has 11 heteroatoms. The van der Waals surface area contributed by atoms with Crippen LogP contribution in [0.2, 0.25) is 5.02 Å². The SMILES string of the molecule is Cc1nnnn1-c1cccc(NC(=O)[C@H](C)NS(=O)(=O)c2ccc(Cl)cc2)c1. The van der Waals surface area contributed by atoms with Crippen molar-refractivity contribution in [2.24, 2.45) is 0 Å². The third-order valence-electron chi connectivity index (χ3n) is 3.83. The lowest BCUT2D eigenvalue weighted by atomic mass is 10.2. The Morgan fingerprint density at radius 1 is 1.18 bits per heavy atom. The van der Waals surface area contributed by atoms with E-state index in [-0.39, 0.29) is 4.90 Å². The Morgan fingerprint density at radius 3 is 2.54 bits per heavy atom. The zero-order valence-corrected chi connectivity index (χ0v) is 16.6. The van der Waals surface area contributed by atoms with Crippen molar-refractivity contribution < 1.29 is 13.2 Å². The molecule has 9 nitrogen and oxygen atoms in total. The van der Waals surface area contributed by atoms with E-state index in [1.807, 2.05) is 0 Å². The minimum atomic E-state index is -3.86. The molecule has 0 saturated carbocycles. The molecule has 1 heterocycles. The van der Waals surface area contributed by atoms with Gasteiger partial charge in [0, 0.05) is 10.7 Å². The molecule has 0 aliphatic rings. The number of benzene rings is 2. The average molecular weight is 421 g/mol. The Balaban J connectivity index is 1.71. The van der Waals surface area contributed by atoms with Gasteiger partial charge in [0.15, 0.2) is 5.82 Å². The highest BCUT2D eigenvalue weighted by Gasteiger charge is 2.22. The minimum absolute atomic E-state index is 0.0210. The van der Waals surface area contributed by atoms with E-state index < -0.39 is 22.0 Å². The Hall–Kier alpha value is -2.82. The fourth-order valence-electron chi connectivity index (χ4n) is 2.40. The minimum Gasteiger partial charge on any atom is -0.325 e. The standard InChI is InChI=1S/C17H17ClN6O3S/c1-11(21-28(26,27)16-8-6-13(18)7-9-16)17(25)19-14-4-3-5-15(10-14)24-12(2)20-22-23-24/h3-11,21H,1-2H3,(H,19,25)/t11-/m0/s1. The molecule has 0 bridgehead atoms. The highest BCUT2D eigenvalue weighted by Crippen LogP contribution is 2.16. The van der Waals surface area contributed by atoms with Crippen LogP contribution in [0.4, 0.5) is 5.69 Å². The number of rotatable bonds is 6. The molecule has 3 aromatic rings. The van der Waals surface area contributed by atoms with Crippen LogP contribution in [0.1, 0.15) is 12.7 Å². The van der Waals surface area contributed by atoms with E-state index in [0.29, 0.717) is 22.2 Å². The van der Waals surface area contributed by atoms with Crippen molar-refractivity contribution in [2.45, 2.75) is 24.8 Å². The number of carbonyl (C=O) groups is 1. The van der Waals surface area contributed by atoms with Gasteiger partial charge in [-0.3, -0.25) is 4.79 Å². The van der Waals surface area contributed by atoms with E-state index >= 15 is 0 Å². The number of aromatic nitrogens is 4. The molecule has 0 unspecified atom stereocenters. The van der Waals surface area contributed by atoms with Crippen LogP contribution in [0, 0.1) is 6.92 Å². The summed E-state index contributed by atoms with van der Waals surface area (Å²) in [4.78, 5) is 12.5. The van der Waals surface area contributed by atoms with Crippen LogP contribution in [-0.2, 0) is 14.8 Å². The molecule has 1 aromatic heterocycles. The summed E-state index contributed by atoms with van der Waals surface area (Å²) in [5, 5.41) is 14.4. The number of carbonyl (C=O) groups excluding carboxylic acids is 1. The Kier molecular flexibility index (Phi) is 5.73. The van der Waals surface area contributed by atoms with Crippen LogP contribution in [0.3, 0.4) is 0 Å². The fourth-order valence-corrected chi connectivity index (χ4v) is 3.73. The first-order valence-electron chi connectivity index (χ1n) is 8.20. The number of nitrogens with one attached hydrogen (secondary N) is 2. The predicted octanol–water partition coefficient (Wildman–Crippen LogP) is 1.93. The van der Waals surface area contributed by atoms with Crippen LogP contribution < -0.4 is 10.0 Å². The molecule has 0 spiro atoms. The van der Waals surface area contributed by atoms with Crippen molar-refractivity contribution in [1.29, 1.82) is 0 Å². The average Bonchev–Trinajstić information content (AvgIpc) is 3.08. The highest BCUT2D eigenvalue weighted by molar-refractivity contribution is 7.89. The van der Waals surface area contributed by atoms with Crippen LogP contribution >= 0.6 is 11.6 Å². The number of hydrogen-bond donors (Lipinski definition) is 2. The van der Waals surface area contributed by atoms with E-state index in [1.165, 1.54) is 35.9 Å². The first-order valence-corrected chi connectivity index (χ1v) is 10.1. The van der Waals surface area contributed by atoms with Gasteiger partial charge < -0.3 is 5.32 Å². The second kappa shape index (κ2) is 8.05. The van der Waals surface area contributed by atoms with Crippen molar-refractivity contribution in [2.75, 3.05) is 5.32 Å². The number of anilines is 1. The number of tetrazole rings is 1. The molecular weight excluding hydrogens is 404 g/mol. The molecule has 0 aliphatic carbocycles. The summed E-state index contributed by atoms with van der Waals surface area (Å²) in [5.74, 6) is 0.0793. The van der Waals surface area contributed by atoms with Crippen molar-refractivity contribution in [3.05, 3.63) is 59.4 Å². The van der Waals surface area contributed by atoms with Gasteiger partial charge in [0.05, 0.1) is 16.6 Å². The Morgan fingerprint density at radius 2 is 1.89 bits per heavy atom. The first kappa shape index (κ1) is 19.9.